The second kappa shape index (κ2) is 54.7. The Morgan fingerprint density at radius 1 is 0.294 bits per heavy atom. The molecule has 0 N–H and O–H groups in total. The van der Waals surface area contributed by atoms with Crippen LogP contribution in [0.2, 0.25) is 0 Å². The molecule has 404 valence electrons. The van der Waals surface area contributed by atoms with Crippen LogP contribution in [-0.4, -0.2) is 37.2 Å². The molecule has 0 heterocycles. The van der Waals surface area contributed by atoms with Crippen LogP contribution in [0.25, 0.3) is 0 Å². The van der Waals surface area contributed by atoms with Crippen LogP contribution in [0.5, 0.6) is 0 Å². The number of unbranched alkanes of at least 4 members (excludes halogenated alkanes) is 39. The maximum absolute atomic E-state index is 12.9. The van der Waals surface area contributed by atoms with Gasteiger partial charge in [0.15, 0.2) is 6.10 Å². The van der Waals surface area contributed by atoms with E-state index >= 15 is 0 Å². The van der Waals surface area contributed by atoms with Gasteiger partial charge in [-0.15, -0.1) is 0 Å². The molecular formula is C62H120O6. The van der Waals surface area contributed by atoms with Gasteiger partial charge < -0.3 is 14.2 Å². The summed E-state index contributed by atoms with van der Waals surface area (Å²) in [4.78, 5) is 38.2. The molecule has 0 aromatic rings. The van der Waals surface area contributed by atoms with Crippen molar-refractivity contribution in [2.75, 3.05) is 13.2 Å². The molecule has 6 heteroatoms. The first-order chi connectivity index (χ1) is 33.3. The molecule has 6 nitrogen and oxygen atoms in total. The molecule has 3 atom stereocenters. The highest BCUT2D eigenvalue weighted by Crippen LogP contribution is 2.19. The third kappa shape index (κ3) is 52.2. The molecule has 0 fully saturated rings. The molecule has 0 spiro atoms. The minimum Gasteiger partial charge on any atom is -0.462 e. The average molecular weight is 962 g/mol. The molecule has 0 aromatic heterocycles. The van der Waals surface area contributed by atoms with Crippen molar-refractivity contribution in [2.45, 2.75) is 355 Å². The summed E-state index contributed by atoms with van der Waals surface area (Å²) in [5, 5.41) is 0. The minimum atomic E-state index is -0.764. The van der Waals surface area contributed by atoms with Gasteiger partial charge in [0.1, 0.15) is 13.2 Å². The first-order valence-electron chi connectivity index (χ1n) is 30.8. The molecule has 2 unspecified atom stereocenters. The van der Waals surface area contributed by atoms with E-state index in [1.807, 2.05) is 0 Å². The fraction of sp³-hybridized carbons (Fsp3) is 0.952. The second-order valence-electron chi connectivity index (χ2n) is 21.8. The van der Waals surface area contributed by atoms with Gasteiger partial charge in [-0.2, -0.15) is 0 Å². The lowest BCUT2D eigenvalue weighted by Crippen LogP contribution is -2.30. The van der Waals surface area contributed by atoms with E-state index < -0.39 is 6.10 Å². The molecule has 0 radical (unpaired) electrons. The lowest BCUT2D eigenvalue weighted by atomic mass is 9.99. The zero-order valence-electron chi connectivity index (χ0n) is 46.7. The van der Waals surface area contributed by atoms with Crippen molar-refractivity contribution in [1.29, 1.82) is 0 Å². The van der Waals surface area contributed by atoms with E-state index in [0.717, 1.165) is 69.6 Å². The van der Waals surface area contributed by atoms with Gasteiger partial charge in [-0.05, 0) is 31.1 Å². The summed E-state index contributed by atoms with van der Waals surface area (Å²) < 4.78 is 16.9. The van der Waals surface area contributed by atoms with Crippen molar-refractivity contribution in [3.05, 3.63) is 0 Å². The summed E-state index contributed by atoms with van der Waals surface area (Å²) in [5.74, 6) is 0.929. The van der Waals surface area contributed by atoms with Crippen LogP contribution < -0.4 is 0 Å². The highest BCUT2D eigenvalue weighted by Gasteiger charge is 2.19. The molecule has 68 heavy (non-hydrogen) atoms. The summed E-state index contributed by atoms with van der Waals surface area (Å²) >= 11 is 0. The number of carbonyl (C=O) groups is 3. The van der Waals surface area contributed by atoms with E-state index in [2.05, 4.69) is 34.6 Å². The van der Waals surface area contributed by atoms with E-state index in [9.17, 15) is 14.4 Å². The predicted octanol–water partition coefficient (Wildman–Crippen LogP) is 20.4. The van der Waals surface area contributed by atoms with Crippen LogP contribution in [0.15, 0.2) is 0 Å². The molecule has 0 amide bonds. The quantitative estimate of drug-likeness (QED) is 0.0343. The second-order valence-corrected chi connectivity index (χ2v) is 21.8. The lowest BCUT2D eigenvalue weighted by Gasteiger charge is -2.18. The molecule has 0 bridgehead atoms. The fourth-order valence-corrected chi connectivity index (χ4v) is 9.52. The third-order valence-corrected chi connectivity index (χ3v) is 14.9. The van der Waals surface area contributed by atoms with Crippen molar-refractivity contribution in [2.24, 2.45) is 11.8 Å². The van der Waals surface area contributed by atoms with Gasteiger partial charge in [0.05, 0.1) is 0 Å². The van der Waals surface area contributed by atoms with Crippen LogP contribution in [-0.2, 0) is 28.6 Å². The van der Waals surface area contributed by atoms with Crippen LogP contribution in [0.1, 0.15) is 349 Å². The Bertz CT molecular complexity index is 1040. The van der Waals surface area contributed by atoms with E-state index in [0.29, 0.717) is 19.3 Å². The minimum absolute atomic E-state index is 0.0624. The van der Waals surface area contributed by atoms with Gasteiger partial charge in [-0.25, -0.2) is 0 Å². The Hall–Kier alpha value is -1.59. The monoisotopic (exact) mass is 961 g/mol. The Kier molecular flexibility index (Phi) is 53.5. The number of hydrogen-bond acceptors (Lipinski definition) is 6. The molecule has 0 aliphatic carbocycles. The van der Waals surface area contributed by atoms with Gasteiger partial charge >= 0.3 is 17.9 Å². The average Bonchev–Trinajstić information content (AvgIpc) is 3.34. The summed E-state index contributed by atoms with van der Waals surface area (Å²) in [6, 6.07) is 0. The third-order valence-electron chi connectivity index (χ3n) is 14.9. The smallest absolute Gasteiger partial charge is 0.306 e. The molecule has 0 aliphatic heterocycles. The number of ether oxygens (including phenoxy) is 3. The Labute approximate surface area is 425 Å². The summed E-state index contributed by atoms with van der Waals surface area (Å²) in [6.07, 6.45) is 59.4. The van der Waals surface area contributed by atoms with E-state index in [1.54, 1.807) is 0 Å². The summed E-state index contributed by atoms with van der Waals surface area (Å²) in [7, 11) is 0. The van der Waals surface area contributed by atoms with E-state index in [1.165, 1.54) is 238 Å². The van der Waals surface area contributed by atoms with Crippen LogP contribution in [0.4, 0.5) is 0 Å². The van der Waals surface area contributed by atoms with E-state index in [4.69, 9.17) is 14.2 Å². The molecular weight excluding hydrogens is 841 g/mol. The van der Waals surface area contributed by atoms with Crippen LogP contribution >= 0.6 is 0 Å². The van der Waals surface area contributed by atoms with E-state index in [-0.39, 0.29) is 31.1 Å². The van der Waals surface area contributed by atoms with Gasteiger partial charge in [0.25, 0.3) is 0 Å². The van der Waals surface area contributed by atoms with Gasteiger partial charge in [0, 0.05) is 19.3 Å². The van der Waals surface area contributed by atoms with Crippen molar-refractivity contribution in [3.63, 3.8) is 0 Å². The zero-order chi connectivity index (χ0) is 49.6. The van der Waals surface area contributed by atoms with Crippen molar-refractivity contribution in [1.82, 2.24) is 0 Å². The lowest BCUT2D eigenvalue weighted by molar-refractivity contribution is -0.167. The molecule has 0 saturated carbocycles. The highest BCUT2D eigenvalue weighted by atomic mass is 16.6. The van der Waals surface area contributed by atoms with Crippen molar-refractivity contribution >= 4 is 17.9 Å². The number of carbonyl (C=O) groups excluding carboxylic acids is 3. The predicted molar refractivity (Wildman–Crippen MR) is 293 cm³/mol. The van der Waals surface area contributed by atoms with Gasteiger partial charge in [-0.3, -0.25) is 14.4 Å². The SMILES string of the molecule is CCCCCCCCCCCCCCCCCCCCC(=O)OC[C@@H](COC(=O)CCCCCCCCCCCCC(C)CC)OC(=O)CCCCCCCCCCCCCCCCC(C)CC. The van der Waals surface area contributed by atoms with Gasteiger partial charge in [0.2, 0.25) is 0 Å². The Morgan fingerprint density at radius 2 is 0.515 bits per heavy atom. The normalized spacial score (nSPS) is 12.8. The standard InChI is InChI=1S/C62H120O6/c1-6-9-10-11-12-13-14-15-16-17-18-19-23-26-32-37-42-47-52-60(63)66-55-59(56-67-61(64)53-48-43-38-33-29-28-31-36-41-46-51-58(5)8-3)68-62(65)54-49-44-39-34-27-24-21-20-22-25-30-35-40-45-50-57(4)7-2/h57-59H,6-56H2,1-5H3/t57?,58?,59-/m0/s1. The van der Waals surface area contributed by atoms with Crippen LogP contribution in [0.3, 0.4) is 0 Å². The van der Waals surface area contributed by atoms with Crippen molar-refractivity contribution < 1.29 is 28.6 Å². The fourth-order valence-electron chi connectivity index (χ4n) is 9.52. The maximum atomic E-state index is 12.9. The summed E-state index contributed by atoms with van der Waals surface area (Å²) in [5.41, 5.74) is 0. The topological polar surface area (TPSA) is 78.9 Å². The number of esters is 3. The van der Waals surface area contributed by atoms with Crippen molar-refractivity contribution in [3.8, 4) is 0 Å². The first-order valence-corrected chi connectivity index (χ1v) is 30.8. The highest BCUT2D eigenvalue weighted by molar-refractivity contribution is 5.71. The number of rotatable bonds is 56. The maximum Gasteiger partial charge on any atom is 0.306 e. The largest absolute Gasteiger partial charge is 0.462 e. The number of hydrogen-bond donors (Lipinski definition) is 0. The van der Waals surface area contributed by atoms with Crippen LogP contribution in [0, 0.1) is 11.8 Å². The summed E-state index contributed by atoms with van der Waals surface area (Å²) in [6.45, 7) is 11.5. The Balaban J connectivity index is 4.30. The Morgan fingerprint density at radius 3 is 0.765 bits per heavy atom. The molecule has 0 aliphatic rings. The zero-order valence-corrected chi connectivity index (χ0v) is 46.7. The van der Waals surface area contributed by atoms with Gasteiger partial charge in [-0.1, -0.05) is 311 Å². The first kappa shape index (κ1) is 66.4. The molecule has 0 saturated heterocycles. The molecule has 0 rings (SSSR count). The molecule has 0 aromatic carbocycles.